The Balaban J connectivity index is 0.00000128. The summed E-state index contributed by atoms with van der Waals surface area (Å²) in [6.07, 6.45) is 8.57. The number of para-hydroxylation sites is 1. The highest BCUT2D eigenvalue weighted by molar-refractivity contribution is 9.10. The zero-order chi connectivity index (χ0) is 31.8. The second-order valence-electron chi connectivity index (χ2n) is 12.4. The van der Waals surface area contributed by atoms with Crippen LogP contribution < -0.4 is 10.1 Å². The van der Waals surface area contributed by atoms with Gasteiger partial charge in [-0.15, -0.1) is 0 Å². The summed E-state index contributed by atoms with van der Waals surface area (Å²) in [5.74, 6) is 1.31. The van der Waals surface area contributed by atoms with Crippen LogP contribution in [-0.4, -0.2) is 59.4 Å². The van der Waals surface area contributed by atoms with Crippen LogP contribution in [0.3, 0.4) is 0 Å². The minimum atomic E-state index is 0.0293. The van der Waals surface area contributed by atoms with E-state index < -0.39 is 0 Å². The number of likely N-dealkylation sites (tertiary alicyclic amines) is 2. The first kappa shape index (κ1) is 33.4. The van der Waals surface area contributed by atoms with Crippen molar-refractivity contribution < 1.29 is 9.53 Å². The zero-order valence-corrected chi connectivity index (χ0v) is 28.7. The number of hydrogen-bond acceptors (Lipinski definition) is 5. The second-order valence-corrected chi connectivity index (χ2v) is 13.7. The fourth-order valence-corrected chi connectivity index (χ4v) is 7.17. The highest BCUT2D eigenvalue weighted by Crippen LogP contribution is 2.39. The monoisotopic (exact) mass is 693 g/mol. The Morgan fingerprint density at radius 2 is 1.69 bits per heavy atom. The summed E-state index contributed by atoms with van der Waals surface area (Å²) < 4.78 is 6.70. The molecule has 3 aromatic rings. The van der Waals surface area contributed by atoms with Gasteiger partial charge in [0, 0.05) is 41.2 Å². The number of halogens is 2. The third-order valence-electron chi connectivity index (χ3n) is 8.98. The number of amides is 1. The lowest BCUT2D eigenvalue weighted by Crippen LogP contribution is -2.45. The molecule has 0 radical (unpaired) electrons. The number of rotatable bonds is 5. The molecule has 0 bridgehead atoms. The average molecular weight is 695 g/mol. The number of aryl methyl sites for hydroxylation is 2. The van der Waals surface area contributed by atoms with Crippen molar-refractivity contribution >= 4 is 39.5 Å². The van der Waals surface area contributed by atoms with Crippen LogP contribution in [0.5, 0.6) is 5.75 Å². The molecular weight excluding hydrogens is 650 g/mol. The van der Waals surface area contributed by atoms with Gasteiger partial charge in [0.1, 0.15) is 5.75 Å². The van der Waals surface area contributed by atoms with Gasteiger partial charge < -0.3 is 15.0 Å². The summed E-state index contributed by atoms with van der Waals surface area (Å²) in [5, 5.41) is 12.3. The van der Waals surface area contributed by atoms with E-state index in [0.717, 1.165) is 79.9 Å². The molecule has 1 unspecified atom stereocenters. The first-order valence-electron chi connectivity index (χ1n) is 16.4. The minimum absolute atomic E-state index is 0.0293. The summed E-state index contributed by atoms with van der Waals surface area (Å²) in [6.45, 7) is 8.19. The molecule has 2 aliphatic heterocycles. The number of fused-ring (bicyclic) bond motifs is 2. The van der Waals surface area contributed by atoms with Gasteiger partial charge in [-0.05, 0) is 120 Å². The number of carbonyl (C=O) groups is 1. The van der Waals surface area contributed by atoms with E-state index in [1.165, 1.54) is 23.1 Å². The van der Waals surface area contributed by atoms with Gasteiger partial charge in [0.05, 0.1) is 11.7 Å². The number of piperidine rings is 2. The maximum atomic E-state index is 13.2. The van der Waals surface area contributed by atoms with E-state index in [9.17, 15) is 4.79 Å². The average Bonchev–Trinajstić information content (AvgIpc) is 3.21. The van der Waals surface area contributed by atoms with Crippen LogP contribution in [0.15, 0.2) is 65.3 Å². The topological polar surface area (TPSA) is 81.5 Å². The Hall–Kier alpha value is -2.94. The molecule has 2 aromatic carbocycles. The molecule has 7 nitrogen and oxygen atoms in total. The Morgan fingerprint density at radius 1 is 1.00 bits per heavy atom. The lowest BCUT2D eigenvalue weighted by Gasteiger charge is -2.38. The number of amidine groups is 1. The predicted molar refractivity (Wildman–Crippen MR) is 185 cm³/mol. The van der Waals surface area contributed by atoms with Crippen LogP contribution in [0, 0.1) is 17.2 Å². The zero-order valence-electron chi connectivity index (χ0n) is 26.4. The number of ether oxygens (including phenoxy) is 1. The van der Waals surface area contributed by atoms with E-state index in [1.807, 2.05) is 47.5 Å². The van der Waals surface area contributed by atoms with Crippen LogP contribution in [0.4, 0.5) is 0 Å². The van der Waals surface area contributed by atoms with Gasteiger partial charge in [-0.25, -0.2) is 0 Å². The Morgan fingerprint density at radius 3 is 2.40 bits per heavy atom. The quantitative estimate of drug-likeness (QED) is 0.212. The Bertz CT molecular complexity index is 1390. The highest BCUT2D eigenvalue weighted by atomic mass is 79.9. The van der Waals surface area contributed by atoms with Gasteiger partial charge in [0.2, 0.25) is 5.91 Å². The van der Waals surface area contributed by atoms with E-state index in [-0.39, 0.29) is 23.9 Å². The third-order valence-corrected chi connectivity index (χ3v) is 9.65. The molecule has 0 spiro atoms. The molecule has 2 saturated heterocycles. The predicted octanol–water partition coefficient (Wildman–Crippen LogP) is 7.66. The van der Waals surface area contributed by atoms with Gasteiger partial charge in [0.15, 0.2) is 0 Å². The maximum Gasteiger partial charge on any atom is 0.289 e. The van der Waals surface area contributed by atoms with Gasteiger partial charge in [-0.2, -0.15) is 0 Å². The molecule has 2 N–H and O–H groups in total. The molecular formula is C36H45BrClN5O2. The number of pyridine rings is 1. The molecule has 1 aromatic heterocycles. The van der Waals surface area contributed by atoms with E-state index in [4.69, 9.17) is 26.7 Å². The molecule has 240 valence electrons. The van der Waals surface area contributed by atoms with Crippen molar-refractivity contribution in [3.63, 3.8) is 0 Å². The van der Waals surface area contributed by atoms with Crippen molar-refractivity contribution in [2.45, 2.75) is 64.8 Å². The van der Waals surface area contributed by atoms with Crippen molar-refractivity contribution in [2.24, 2.45) is 11.8 Å². The van der Waals surface area contributed by atoms with Crippen molar-refractivity contribution in [1.29, 1.82) is 5.41 Å². The number of aromatic nitrogens is 1. The lowest BCUT2D eigenvalue weighted by molar-refractivity contribution is -0.126. The molecule has 3 heterocycles. The van der Waals surface area contributed by atoms with Crippen molar-refractivity contribution in [2.75, 3.05) is 32.7 Å². The third kappa shape index (κ3) is 8.66. The standard InChI is InChI=1S/C33H37BrClN5O2.C3H8/c34-26-18-25-7-6-24-19-27(35)8-9-29(24)31(30(25)37-21-26)39-16-12-23(13-17-39)32(41)38-20-22-10-14-40(15-11-22)33(36)42-28-4-2-1-3-5-28;1-3-2/h1-5,8-9,18-19,21-23,31,36H,6-7,10-17,20H2,(H,38,41);3H2,1-2H3. The summed E-state index contributed by atoms with van der Waals surface area (Å²) in [6, 6.07) is 18.2. The van der Waals surface area contributed by atoms with E-state index >= 15 is 0 Å². The highest BCUT2D eigenvalue weighted by Gasteiger charge is 2.34. The van der Waals surface area contributed by atoms with Gasteiger partial charge in [-0.3, -0.25) is 20.1 Å². The van der Waals surface area contributed by atoms with Crippen molar-refractivity contribution in [3.05, 3.63) is 92.7 Å². The van der Waals surface area contributed by atoms with Crippen molar-refractivity contribution in [1.82, 2.24) is 20.1 Å². The minimum Gasteiger partial charge on any atom is -0.426 e. The normalized spacial score (nSPS) is 18.9. The summed E-state index contributed by atoms with van der Waals surface area (Å²) in [5.41, 5.74) is 4.96. The SMILES string of the molecule is CCC.N=C(Oc1ccccc1)N1CCC(CNC(=O)C2CCN(C3c4ccc(Cl)cc4CCc4cc(Br)cnc43)CC2)CC1. The largest absolute Gasteiger partial charge is 0.426 e. The Labute approximate surface area is 281 Å². The van der Waals surface area contributed by atoms with Crippen LogP contribution >= 0.6 is 27.5 Å². The van der Waals surface area contributed by atoms with Crippen LogP contribution in [-0.2, 0) is 17.6 Å². The maximum absolute atomic E-state index is 13.2. The number of hydrogen-bond donors (Lipinski definition) is 2. The molecule has 1 aliphatic carbocycles. The van der Waals surface area contributed by atoms with Gasteiger partial charge in [-0.1, -0.05) is 56.1 Å². The summed E-state index contributed by atoms with van der Waals surface area (Å²) in [7, 11) is 0. The van der Waals surface area contributed by atoms with E-state index in [1.54, 1.807) is 0 Å². The number of benzene rings is 2. The van der Waals surface area contributed by atoms with Crippen LogP contribution in [0.1, 0.15) is 74.4 Å². The Kier molecular flexibility index (Phi) is 11.9. The summed E-state index contributed by atoms with van der Waals surface area (Å²) in [4.78, 5) is 22.6. The molecule has 2 fully saturated rings. The van der Waals surface area contributed by atoms with E-state index in [2.05, 4.69) is 58.2 Å². The summed E-state index contributed by atoms with van der Waals surface area (Å²) >= 11 is 10.00. The smallest absolute Gasteiger partial charge is 0.289 e. The first-order valence-corrected chi connectivity index (χ1v) is 17.5. The van der Waals surface area contributed by atoms with Crippen LogP contribution in [0.25, 0.3) is 0 Å². The molecule has 1 amide bonds. The fraction of sp³-hybridized carbons (Fsp3) is 0.472. The molecule has 45 heavy (non-hydrogen) atoms. The fourth-order valence-electron chi connectivity index (χ4n) is 6.60. The number of carbonyl (C=O) groups excluding carboxylic acids is 1. The molecule has 3 aliphatic rings. The van der Waals surface area contributed by atoms with E-state index in [0.29, 0.717) is 18.2 Å². The van der Waals surface area contributed by atoms with Gasteiger partial charge >= 0.3 is 0 Å². The number of nitrogens with zero attached hydrogens (tertiary/aromatic N) is 3. The van der Waals surface area contributed by atoms with Gasteiger partial charge in [0.25, 0.3) is 6.02 Å². The molecule has 6 rings (SSSR count). The number of nitrogens with one attached hydrogen (secondary N) is 2. The second kappa shape index (κ2) is 16.1. The first-order chi connectivity index (χ1) is 21.9. The molecule has 0 saturated carbocycles. The lowest BCUT2D eigenvalue weighted by atomic mass is 9.90. The van der Waals surface area contributed by atoms with Crippen molar-refractivity contribution in [3.8, 4) is 5.75 Å². The molecule has 9 heteroatoms. The molecule has 1 atom stereocenters. The van der Waals surface area contributed by atoms with Crippen LogP contribution in [0.2, 0.25) is 5.02 Å².